The SMILES string of the molecule is C=C(C[C@@]1(C(=O)OC)C=C[C@@H](C)[C@H](c2ccccc2Br)N1C(=O)C(F)(F)F)c1ccccc1. The van der Waals surface area contributed by atoms with Crippen LogP contribution in [-0.2, 0) is 14.3 Å². The lowest BCUT2D eigenvalue weighted by atomic mass is 9.77. The van der Waals surface area contributed by atoms with Crippen molar-refractivity contribution < 1.29 is 27.5 Å². The summed E-state index contributed by atoms with van der Waals surface area (Å²) in [6.07, 6.45) is -2.48. The number of methoxy groups -OCH3 is 1. The molecule has 0 unspecified atom stereocenters. The number of alkyl halides is 3. The van der Waals surface area contributed by atoms with Crippen molar-refractivity contribution in [1.82, 2.24) is 4.90 Å². The molecule has 0 aromatic heterocycles. The highest BCUT2D eigenvalue weighted by Gasteiger charge is 2.58. The van der Waals surface area contributed by atoms with Gasteiger partial charge in [-0.15, -0.1) is 0 Å². The molecule has 2 aromatic carbocycles. The zero-order chi connectivity index (χ0) is 24.4. The van der Waals surface area contributed by atoms with Crippen LogP contribution in [0, 0.1) is 5.92 Å². The van der Waals surface area contributed by atoms with Crippen molar-refractivity contribution >= 4 is 33.4 Å². The highest BCUT2D eigenvalue weighted by atomic mass is 79.9. The lowest BCUT2D eigenvalue weighted by Crippen LogP contribution is -2.63. The maximum Gasteiger partial charge on any atom is 0.471 e. The normalized spacial score (nSPS) is 22.7. The molecule has 1 aliphatic rings. The van der Waals surface area contributed by atoms with E-state index in [4.69, 9.17) is 4.74 Å². The molecule has 0 fully saturated rings. The van der Waals surface area contributed by atoms with Crippen molar-refractivity contribution in [3.05, 3.63) is 88.9 Å². The molecule has 3 atom stereocenters. The second kappa shape index (κ2) is 9.55. The Hall–Kier alpha value is -2.87. The predicted octanol–water partition coefficient (Wildman–Crippen LogP) is 6.10. The van der Waals surface area contributed by atoms with Crippen LogP contribution in [0.1, 0.15) is 30.5 Å². The molecule has 0 saturated heterocycles. The zero-order valence-corrected chi connectivity index (χ0v) is 19.7. The van der Waals surface area contributed by atoms with Crippen molar-refractivity contribution in [1.29, 1.82) is 0 Å². The van der Waals surface area contributed by atoms with Crippen LogP contribution >= 0.6 is 15.9 Å². The average molecular weight is 522 g/mol. The van der Waals surface area contributed by atoms with Crippen molar-refractivity contribution in [3.63, 3.8) is 0 Å². The summed E-state index contributed by atoms with van der Waals surface area (Å²) in [6.45, 7) is 5.70. The Morgan fingerprint density at radius 2 is 1.73 bits per heavy atom. The zero-order valence-electron chi connectivity index (χ0n) is 18.1. The topological polar surface area (TPSA) is 46.6 Å². The number of esters is 1. The molecule has 4 nitrogen and oxygen atoms in total. The summed E-state index contributed by atoms with van der Waals surface area (Å²) in [5, 5.41) is 0. The molecule has 33 heavy (non-hydrogen) atoms. The van der Waals surface area contributed by atoms with Gasteiger partial charge in [-0.05, 0) is 28.7 Å². The van der Waals surface area contributed by atoms with E-state index in [-0.39, 0.29) is 6.42 Å². The molecule has 3 rings (SSSR count). The summed E-state index contributed by atoms with van der Waals surface area (Å²) in [6, 6.07) is 14.4. The van der Waals surface area contributed by atoms with Gasteiger partial charge in [0.05, 0.1) is 13.2 Å². The summed E-state index contributed by atoms with van der Waals surface area (Å²) in [4.78, 5) is 26.7. The molecule has 0 N–H and O–H groups in total. The minimum Gasteiger partial charge on any atom is -0.467 e. The Labute approximate surface area is 198 Å². The molecule has 1 heterocycles. The maximum atomic E-state index is 13.9. The van der Waals surface area contributed by atoms with Gasteiger partial charge in [0.1, 0.15) is 0 Å². The number of hydrogen-bond acceptors (Lipinski definition) is 3. The average Bonchev–Trinajstić information content (AvgIpc) is 2.79. The standard InChI is InChI=1S/C25H23BrF3NO3/c1-16-13-14-24(23(32)33-3,15-17(2)18-9-5-4-6-10-18)30(22(31)25(27,28)29)21(16)19-11-7-8-12-20(19)26/h4-14,16,21H,2,15H2,1,3H3/t16-,21-,24-/m1/s1. The van der Waals surface area contributed by atoms with E-state index >= 15 is 0 Å². The summed E-state index contributed by atoms with van der Waals surface area (Å²) in [5.74, 6) is -3.61. The van der Waals surface area contributed by atoms with Gasteiger partial charge in [-0.3, -0.25) is 4.79 Å². The van der Waals surface area contributed by atoms with Gasteiger partial charge in [0, 0.05) is 10.9 Å². The van der Waals surface area contributed by atoms with E-state index in [0.29, 0.717) is 26.1 Å². The van der Waals surface area contributed by atoms with Gasteiger partial charge in [-0.25, -0.2) is 4.79 Å². The van der Waals surface area contributed by atoms with Crippen LogP contribution in [-0.4, -0.2) is 35.6 Å². The van der Waals surface area contributed by atoms with Crippen molar-refractivity contribution in [2.75, 3.05) is 7.11 Å². The number of rotatable bonds is 5. The Kier molecular flexibility index (Phi) is 7.17. The fourth-order valence-electron chi connectivity index (χ4n) is 4.22. The lowest BCUT2D eigenvalue weighted by Gasteiger charge is -2.49. The molecule has 0 radical (unpaired) electrons. The van der Waals surface area contributed by atoms with E-state index in [2.05, 4.69) is 22.5 Å². The second-order valence-corrected chi connectivity index (χ2v) is 8.77. The van der Waals surface area contributed by atoms with Crippen LogP contribution in [0.3, 0.4) is 0 Å². The summed E-state index contributed by atoms with van der Waals surface area (Å²) in [5.41, 5.74) is -0.554. The Balaban J connectivity index is 2.25. The van der Waals surface area contributed by atoms with Gasteiger partial charge in [0.2, 0.25) is 0 Å². The van der Waals surface area contributed by atoms with Crippen LogP contribution in [0.2, 0.25) is 0 Å². The smallest absolute Gasteiger partial charge is 0.467 e. The number of nitrogens with zero attached hydrogens (tertiary/aromatic N) is 1. The van der Waals surface area contributed by atoms with E-state index in [1.807, 2.05) is 0 Å². The molecule has 1 amide bonds. The van der Waals surface area contributed by atoms with Crippen molar-refractivity contribution in [2.24, 2.45) is 5.92 Å². The number of ether oxygens (including phenoxy) is 1. The second-order valence-electron chi connectivity index (χ2n) is 7.92. The van der Waals surface area contributed by atoms with Crippen LogP contribution in [0.5, 0.6) is 0 Å². The number of amides is 1. The van der Waals surface area contributed by atoms with Gasteiger partial charge in [-0.2, -0.15) is 13.2 Å². The first-order chi connectivity index (χ1) is 15.5. The van der Waals surface area contributed by atoms with Crippen LogP contribution in [0.25, 0.3) is 5.57 Å². The minimum absolute atomic E-state index is 0.268. The van der Waals surface area contributed by atoms with Gasteiger partial charge < -0.3 is 9.64 Å². The third-order valence-corrected chi connectivity index (χ3v) is 6.49. The van der Waals surface area contributed by atoms with Crippen molar-refractivity contribution in [2.45, 2.75) is 31.1 Å². The monoisotopic (exact) mass is 521 g/mol. The predicted molar refractivity (Wildman–Crippen MR) is 123 cm³/mol. The number of carbonyl (C=O) groups excluding carboxylic acids is 2. The molecule has 1 aliphatic heterocycles. The third kappa shape index (κ3) is 4.76. The molecule has 0 saturated carbocycles. The van der Waals surface area contributed by atoms with Crippen LogP contribution in [0.15, 0.2) is 77.8 Å². The van der Waals surface area contributed by atoms with E-state index < -0.39 is 35.6 Å². The first kappa shape index (κ1) is 24.8. The molecule has 0 bridgehead atoms. The minimum atomic E-state index is -5.21. The van der Waals surface area contributed by atoms with Gasteiger partial charge in [-0.1, -0.05) is 90.1 Å². The first-order valence-electron chi connectivity index (χ1n) is 10.2. The Morgan fingerprint density at radius 3 is 2.30 bits per heavy atom. The maximum absolute atomic E-state index is 13.9. The van der Waals surface area contributed by atoms with Gasteiger partial charge in [0.15, 0.2) is 5.54 Å². The highest BCUT2D eigenvalue weighted by molar-refractivity contribution is 9.10. The number of halogens is 4. The Bertz CT molecular complexity index is 1080. The fourth-order valence-corrected chi connectivity index (χ4v) is 4.74. The van der Waals surface area contributed by atoms with Gasteiger partial charge in [0.25, 0.3) is 0 Å². The van der Waals surface area contributed by atoms with E-state index in [1.165, 1.54) is 6.08 Å². The first-order valence-corrected chi connectivity index (χ1v) is 11.0. The molecule has 2 aromatic rings. The van der Waals surface area contributed by atoms with E-state index in [1.54, 1.807) is 67.6 Å². The van der Waals surface area contributed by atoms with Crippen LogP contribution in [0.4, 0.5) is 13.2 Å². The summed E-state index contributed by atoms with van der Waals surface area (Å²) in [7, 11) is 1.09. The van der Waals surface area contributed by atoms with E-state index in [9.17, 15) is 22.8 Å². The molecule has 8 heteroatoms. The highest BCUT2D eigenvalue weighted by Crippen LogP contribution is 2.47. The fraction of sp³-hybridized carbons (Fsp3) is 0.280. The molecular weight excluding hydrogens is 499 g/mol. The van der Waals surface area contributed by atoms with Crippen molar-refractivity contribution in [3.8, 4) is 0 Å². The van der Waals surface area contributed by atoms with Gasteiger partial charge >= 0.3 is 18.1 Å². The Morgan fingerprint density at radius 1 is 1.12 bits per heavy atom. The molecule has 0 spiro atoms. The molecule has 0 aliphatic carbocycles. The number of carbonyl (C=O) groups is 2. The summed E-state index contributed by atoms with van der Waals surface area (Å²) >= 11 is 3.39. The number of benzene rings is 2. The van der Waals surface area contributed by atoms with E-state index in [0.717, 1.165) is 7.11 Å². The lowest BCUT2D eigenvalue weighted by molar-refractivity contribution is -0.198. The third-order valence-electron chi connectivity index (χ3n) is 5.77. The number of hydrogen-bond donors (Lipinski definition) is 0. The van der Waals surface area contributed by atoms with Crippen LogP contribution < -0.4 is 0 Å². The largest absolute Gasteiger partial charge is 0.471 e. The molecule has 174 valence electrons. The summed E-state index contributed by atoms with van der Waals surface area (Å²) < 4.78 is 47.3. The molecular formula is C25H23BrF3NO3. The quantitative estimate of drug-likeness (QED) is 0.352.